The quantitative estimate of drug-likeness (QED) is 0.0397. The standard InChI is InChI=1S/C41H81NO4/c1-3-5-7-9-11-13-14-15-16-17-18-19-20-21-22-23-24-25-26-28-30-32-34-36-40(45)41(46)42-38(37-43)39(44)35-33-31-29-27-12-10-8-6-4-2/h21-22,38-40,43-45H,3-20,23-37H2,1-2H3,(H,42,46)/b22-21-. The van der Waals surface area contributed by atoms with Crippen molar-refractivity contribution in [3.8, 4) is 0 Å². The first kappa shape index (κ1) is 45.1. The maximum absolute atomic E-state index is 12.4. The third-order valence-corrected chi connectivity index (χ3v) is 9.63. The number of nitrogens with one attached hydrogen (secondary N) is 1. The molecule has 0 fully saturated rings. The summed E-state index contributed by atoms with van der Waals surface area (Å²) < 4.78 is 0. The Morgan fingerprint density at radius 2 is 0.826 bits per heavy atom. The molecule has 0 heterocycles. The minimum absolute atomic E-state index is 0.313. The van der Waals surface area contributed by atoms with Crippen LogP contribution in [0.15, 0.2) is 12.2 Å². The van der Waals surface area contributed by atoms with Crippen molar-refractivity contribution in [3.63, 3.8) is 0 Å². The zero-order valence-electron chi connectivity index (χ0n) is 31.0. The van der Waals surface area contributed by atoms with Gasteiger partial charge in [-0.1, -0.05) is 193 Å². The van der Waals surface area contributed by atoms with E-state index in [2.05, 4.69) is 31.3 Å². The van der Waals surface area contributed by atoms with Gasteiger partial charge < -0.3 is 20.6 Å². The van der Waals surface area contributed by atoms with E-state index in [0.717, 1.165) is 32.1 Å². The number of carbonyl (C=O) groups is 1. The Morgan fingerprint density at radius 3 is 1.20 bits per heavy atom. The predicted molar refractivity (Wildman–Crippen MR) is 199 cm³/mol. The second kappa shape index (κ2) is 36.9. The summed E-state index contributed by atoms with van der Waals surface area (Å²) in [6, 6.07) is -0.708. The van der Waals surface area contributed by atoms with E-state index in [1.54, 1.807) is 0 Å². The molecule has 0 aromatic heterocycles. The lowest BCUT2D eigenvalue weighted by molar-refractivity contribution is -0.131. The second-order valence-corrected chi connectivity index (χ2v) is 14.2. The van der Waals surface area contributed by atoms with Gasteiger partial charge in [0.15, 0.2) is 0 Å². The monoisotopic (exact) mass is 652 g/mol. The van der Waals surface area contributed by atoms with Gasteiger partial charge in [0.05, 0.1) is 18.8 Å². The van der Waals surface area contributed by atoms with Gasteiger partial charge in [0.25, 0.3) is 0 Å². The first-order valence-corrected chi connectivity index (χ1v) is 20.5. The largest absolute Gasteiger partial charge is 0.394 e. The number of carbonyl (C=O) groups excluding carboxylic acids is 1. The van der Waals surface area contributed by atoms with Crippen molar-refractivity contribution in [1.29, 1.82) is 0 Å². The van der Waals surface area contributed by atoms with Gasteiger partial charge >= 0.3 is 0 Å². The summed E-state index contributed by atoms with van der Waals surface area (Å²) in [5.41, 5.74) is 0. The number of allylic oxidation sites excluding steroid dienone is 2. The molecule has 0 spiro atoms. The molecule has 3 atom stereocenters. The molecular formula is C41H81NO4. The van der Waals surface area contributed by atoms with Crippen LogP contribution in [0.2, 0.25) is 0 Å². The fourth-order valence-corrected chi connectivity index (χ4v) is 6.36. The van der Waals surface area contributed by atoms with Crippen molar-refractivity contribution in [2.75, 3.05) is 6.61 Å². The summed E-state index contributed by atoms with van der Waals surface area (Å²) in [6.07, 6.45) is 42.2. The molecule has 0 aliphatic heterocycles. The van der Waals surface area contributed by atoms with Gasteiger partial charge in [-0.3, -0.25) is 4.79 Å². The number of aliphatic hydroxyl groups is 3. The first-order valence-electron chi connectivity index (χ1n) is 20.5. The van der Waals surface area contributed by atoms with E-state index >= 15 is 0 Å². The molecule has 0 aromatic carbocycles. The topological polar surface area (TPSA) is 89.8 Å². The number of amides is 1. The van der Waals surface area contributed by atoms with E-state index in [4.69, 9.17) is 0 Å². The van der Waals surface area contributed by atoms with Crippen LogP contribution in [0.3, 0.4) is 0 Å². The van der Waals surface area contributed by atoms with Gasteiger partial charge in [0.1, 0.15) is 6.10 Å². The highest BCUT2D eigenvalue weighted by Gasteiger charge is 2.23. The summed E-state index contributed by atoms with van der Waals surface area (Å²) in [4.78, 5) is 12.4. The fourth-order valence-electron chi connectivity index (χ4n) is 6.36. The molecule has 0 aromatic rings. The normalized spacial score (nSPS) is 13.8. The highest BCUT2D eigenvalue weighted by atomic mass is 16.3. The minimum Gasteiger partial charge on any atom is -0.394 e. The van der Waals surface area contributed by atoms with E-state index in [0.29, 0.717) is 12.8 Å². The van der Waals surface area contributed by atoms with Crippen molar-refractivity contribution < 1.29 is 20.1 Å². The smallest absolute Gasteiger partial charge is 0.249 e. The molecule has 3 unspecified atom stereocenters. The van der Waals surface area contributed by atoms with E-state index in [1.807, 2.05) is 0 Å². The van der Waals surface area contributed by atoms with Crippen LogP contribution in [0.5, 0.6) is 0 Å². The van der Waals surface area contributed by atoms with Crippen LogP contribution in [0, 0.1) is 0 Å². The highest BCUT2D eigenvalue weighted by Crippen LogP contribution is 2.15. The van der Waals surface area contributed by atoms with Crippen molar-refractivity contribution in [2.24, 2.45) is 0 Å². The van der Waals surface area contributed by atoms with Gasteiger partial charge in [-0.05, 0) is 38.5 Å². The predicted octanol–water partition coefficient (Wildman–Crippen LogP) is 11.3. The number of unbranched alkanes of at least 4 members (excludes halogenated alkanes) is 27. The Kier molecular flexibility index (Phi) is 36.2. The number of aliphatic hydroxyl groups excluding tert-OH is 3. The number of rotatable bonds is 37. The summed E-state index contributed by atoms with van der Waals surface area (Å²) >= 11 is 0. The van der Waals surface area contributed by atoms with Crippen LogP contribution in [-0.4, -0.2) is 46.1 Å². The lowest BCUT2D eigenvalue weighted by Gasteiger charge is -2.23. The molecular weight excluding hydrogens is 570 g/mol. The van der Waals surface area contributed by atoms with Gasteiger partial charge in [-0.25, -0.2) is 0 Å². The molecule has 0 saturated carbocycles. The maximum Gasteiger partial charge on any atom is 0.249 e. The third kappa shape index (κ3) is 31.7. The Bertz CT molecular complexity index is 640. The number of hydrogen-bond donors (Lipinski definition) is 4. The van der Waals surface area contributed by atoms with E-state index in [1.165, 1.54) is 161 Å². The lowest BCUT2D eigenvalue weighted by atomic mass is 10.0. The Balaban J connectivity index is 3.57. The SMILES string of the molecule is CCCCCCCCCCCCCC/C=C\CCCCCCCCCC(O)C(=O)NC(CO)C(O)CCCCCCCCCCC. The summed E-state index contributed by atoms with van der Waals surface area (Å²) in [5.74, 6) is -0.475. The molecule has 274 valence electrons. The molecule has 0 aliphatic carbocycles. The van der Waals surface area contributed by atoms with Crippen molar-refractivity contribution in [2.45, 2.75) is 238 Å². The van der Waals surface area contributed by atoms with Crippen molar-refractivity contribution in [3.05, 3.63) is 12.2 Å². The van der Waals surface area contributed by atoms with Crippen LogP contribution >= 0.6 is 0 Å². The van der Waals surface area contributed by atoms with Gasteiger partial charge in [-0.2, -0.15) is 0 Å². The van der Waals surface area contributed by atoms with E-state index < -0.39 is 24.2 Å². The fraction of sp³-hybridized carbons (Fsp3) is 0.927. The molecule has 0 rings (SSSR count). The van der Waals surface area contributed by atoms with Crippen molar-refractivity contribution >= 4 is 5.91 Å². The molecule has 0 saturated heterocycles. The Morgan fingerprint density at radius 1 is 0.500 bits per heavy atom. The summed E-state index contributed by atoms with van der Waals surface area (Å²) in [5, 5.41) is 33.1. The lowest BCUT2D eigenvalue weighted by Crippen LogP contribution is -2.49. The average Bonchev–Trinajstić information content (AvgIpc) is 3.06. The minimum atomic E-state index is -1.07. The van der Waals surface area contributed by atoms with Gasteiger partial charge in [-0.15, -0.1) is 0 Å². The molecule has 1 amide bonds. The molecule has 46 heavy (non-hydrogen) atoms. The third-order valence-electron chi connectivity index (χ3n) is 9.63. The van der Waals surface area contributed by atoms with Crippen LogP contribution in [0.1, 0.15) is 219 Å². The molecule has 0 bridgehead atoms. The maximum atomic E-state index is 12.4. The Hall–Kier alpha value is -0.910. The first-order chi connectivity index (χ1) is 22.6. The molecule has 5 nitrogen and oxygen atoms in total. The second-order valence-electron chi connectivity index (χ2n) is 14.2. The number of hydrogen-bond acceptors (Lipinski definition) is 4. The highest BCUT2D eigenvalue weighted by molar-refractivity contribution is 5.80. The average molecular weight is 652 g/mol. The summed E-state index contributed by atoms with van der Waals surface area (Å²) in [6.45, 7) is 4.21. The van der Waals surface area contributed by atoms with Gasteiger partial charge in [0, 0.05) is 0 Å². The Labute approximate surface area is 287 Å². The van der Waals surface area contributed by atoms with Crippen molar-refractivity contribution in [1.82, 2.24) is 5.32 Å². The molecule has 4 N–H and O–H groups in total. The molecule has 0 radical (unpaired) electrons. The zero-order chi connectivity index (χ0) is 33.8. The van der Waals surface area contributed by atoms with Gasteiger partial charge in [0.2, 0.25) is 5.91 Å². The van der Waals surface area contributed by atoms with Crippen LogP contribution in [0.25, 0.3) is 0 Å². The molecule has 5 heteroatoms. The zero-order valence-corrected chi connectivity index (χ0v) is 31.0. The van der Waals surface area contributed by atoms with E-state index in [-0.39, 0.29) is 6.61 Å². The van der Waals surface area contributed by atoms with Crippen LogP contribution in [-0.2, 0) is 4.79 Å². The van der Waals surface area contributed by atoms with Crippen LogP contribution in [0.4, 0.5) is 0 Å². The summed E-state index contributed by atoms with van der Waals surface area (Å²) in [7, 11) is 0. The van der Waals surface area contributed by atoms with Crippen LogP contribution < -0.4 is 5.32 Å². The van der Waals surface area contributed by atoms with E-state index in [9.17, 15) is 20.1 Å². The molecule has 0 aliphatic rings.